The first kappa shape index (κ1) is 22.4. The lowest BCUT2D eigenvalue weighted by atomic mass is 9.97. The molecule has 0 amide bonds. The van der Waals surface area contributed by atoms with Crippen molar-refractivity contribution in [3.05, 3.63) is 86.4 Å². The molecule has 1 aliphatic rings. The maximum Gasteiger partial charge on any atom is 0.284 e. The number of allylic oxidation sites excluding steroid dienone is 4. The highest BCUT2D eigenvalue weighted by atomic mass is 35.5. The van der Waals surface area contributed by atoms with Gasteiger partial charge in [-0.2, -0.15) is 8.42 Å². The van der Waals surface area contributed by atoms with Gasteiger partial charge < -0.3 is 0 Å². The Morgan fingerprint density at radius 1 is 0.833 bits per heavy atom. The van der Waals surface area contributed by atoms with Crippen LogP contribution in [0.5, 0.6) is 0 Å². The number of nitrogens with zero attached hydrogens (tertiary/aromatic N) is 2. The van der Waals surface area contributed by atoms with Crippen molar-refractivity contribution in [1.82, 2.24) is 0 Å². The van der Waals surface area contributed by atoms with E-state index in [4.69, 9.17) is 34.8 Å². The molecule has 0 spiro atoms. The van der Waals surface area contributed by atoms with E-state index in [1.54, 1.807) is 37.3 Å². The van der Waals surface area contributed by atoms with Crippen molar-refractivity contribution in [3.8, 4) is 0 Å². The zero-order chi connectivity index (χ0) is 22.1. The molecule has 0 fully saturated rings. The Labute approximate surface area is 189 Å². The SMILES string of the molecule is CC1=C(Cl)C(=O)C(C)=C(Cl)C1=NC(=NS(=O)(=O)c1ccc(Cl)cc1)c1ccccc1. The van der Waals surface area contributed by atoms with Crippen LogP contribution >= 0.6 is 34.8 Å². The van der Waals surface area contributed by atoms with Crippen LogP contribution in [0.4, 0.5) is 0 Å². The summed E-state index contributed by atoms with van der Waals surface area (Å²) < 4.78 is 29.7. The fourth-order valence-electron chi connectivity index (χ4n) is 2.62. The first-order chi connectivity index (χ1) is 14.1. The van der Waals surface area contributed by atoms with Crippen LogP contribution in [-0.4, -0.2) is 25.7 Å². The Balaban J connectivity index is 2.23. The topological polar surface area (TPSA) is 75.9 Å². The minimum atomic E-state index is -4.10. The molecular weight excluding hydrogens is 467 g/mol. The number of Topliss-reactive ketones (excluding diaryl/α,β-unsaturated/α-hetero) is 1. The second-order valence-electron chi connectivity index (χ2n) is 6.38. The zero-order valence-electron chi connectivity index (χ0n) is 15.9. The number of aliphatic imine (C=N–C) groups is 1. The molecule has 9 heteroatoms. The number of ketones is 1. The maximum absolute atomic E-state index is 12.9. The molecule has 0 unspecified atom stereocenters. The van der Waals surface area contributed by atoms with E-state index in [2.05, 4.69) is 9.39 Å². The van der Waals surface area contributed by atoms with Gasteiger partial charge in [-0.05, 0) is 43.7 Å². The number of sulfonamides is 1. The number of rotatable bonds is 3. The van der Waals surface area contributed by atoms with Gasteiger partial charge in [-0.25, -0.2) is 4.99 Å². The molecule has 154 valence electrons. The van der Waals surface area contributed by atoms with E-state index in [0.717, 1.165) is 0 Å². The number of hydrogen-bond donors (Lipinski definition) is 0. The molecular formula is C21H15Cl3N2O3S. The van der Waals surface area contributed by atoms with Gasteiger partial charge in [0.25, 0.3) is 10.0 Å². The molecule has 0 atom stereocenters. The van der Waals surface area contributed by atoms with Crippen LogP contribution in [0.2, 0.25) is 5.02 Å². The molecule has 2 aromatic carbocycles. The second kappa shape index (κ2) is 8.86. The average molecular weight is 482 g/mol. The molecule has 0 aromatic heterocycles. The number of carbonyl (C=O) groups is 1. The Kier molecular flexibility index (Phi) is 6.62. The highest BCUT2D eigenvalue weighted by Crippen LogP contribution is 2.30. The third-order valence-electron chi connectivity index (χ3n) is 4.33. The largest absolute Gasteiger partial charge is 0.288 e. The summed E-state index contributed by atoms with van der Waals surface area (Å²) in [6, 6.07) is 14.2. The molecule has 0 radical (unpaired) electrons. The van der Waals surface area contributed by atoms with Crippen LogP contribution in [0.1, 0.15) is 19.4 Å². The van der Waals surface area contributed by atoms with E-state index in [1.807, 2.05) is 0 Å². The van der Waals surface area contributed by atoms with Crippen LogP contribution in [0, 0.1) is 0 Å². The Bertz CT molecular complexity index is 1210. The van der Waals surface area contributed by atoms with E-state index >= 15 is 0 Å². The number of hydrogen-bond acceptors (Lipinski definition) is 3. The van der Waals surface area contributed by atoms with Crippen molar-refractivity contribution in [2.75, 3.05) is 0 Å². The molecule has 0 bridgehead atoms. The fourth-order valence-corrected chi connectivity index (χ4v) is 4.20. The van der Waals surface area contributed by atoms with Crippen LogP contribution in [0.3, 0.4) is 0 Å². The van der Waals surface area contributed by atoms with Crippen LogP contribution in [0.25, 0.3) is 0 Å². The molecule has 0 N–H and O–H groups in total. The molecule has 1 aliphatic carbocycles. The predicted molar refractivity (Wildman–Crippen MR) is 121 cm³/mol. The summed E-state index contributed by atoms with van der Waals surface area (Å²) >= 11 is 18.3. The smallest absolute Gasteiger partial charge is 0.284 e. The predicted octanol–water partition coefficient (Wildman–Crippen LogP) is 5.52. The van der Waals surface area contributed by atoms with E-state index in [-0.39, 0.29) is 32.1 Å². The van der Waals surface area contributed by atoms with E-state index in [1.165, 1.54) is 31.2 Å². The summed E-state index contributed by atoms with van der Waals surface area (Å²) in [7, 11) is -4.10. The maximum atomic E-state index is 12.9. The molecule has 0 heterocycles. The van der Waals surface area contributed by atoms with Gasteiger partial charge >= 0.3 is 0 Å². The van der Waals surface area contributed by atoms with Gasteiger partial charge in [-0.3, -0.25) is 4.79 Å². The van der Waals surface area contributed by atoms with Crippen molar-refractivity contribution in [2.24, 2.45) is 9.39 Å². The van der Waals surface area contributed by atoms with E-state index in [0.29, 0.717) is 16.2 Å². The monoisotopic (exact) mass is 480 g/mol. The molecule has 0 saturated carbocycles. The van der Waals surface area contributed by atoms with Gasteiger partial charge in [0.1, 0.15) is 0 Å². The lowest BCUT2D eigenvalue weighted by molar-refractivity contribution is -0.111. The summed E-state index contributed by atoms with van der Waals surface area (Å²) in [6.07, 6.45) is 0. The van der Waals surface area contributed by atoms with Crippen molar-refractivity contribution >= 4 is 62.2 Å². The summed E-state index contributed by atoms with van der Waals surface area (Å²) in [4.78, 5) is 16.5. The number of halogens is 3. The van der Waals surface area contributed by atoms with Crippen molar-refractivity contribution in [1.29, 1.82) is 0 Å². The second-order valence-corrected chi connectivity index (χ2v) is 9.17. The van der Waals surface area contributed by atoms with E-state index in [9.17, 15) is 13.2 Å². The zero-order valence-corrected chi connectivity index (χ0v) is 18.9. The molecule has 2 aromatic rings. The number of amidine groups is 1. The highest BCUT2D eigenvalue weighted by molar-refractivity contribution is 7.90. The van der Waals surface area contributed by atoms with Gasteiger partial charge in [-0.1, -0.05) is 65.1 Å². The van der Waals surface area contributed by atoms with Gasteiger partial charge in [-0.15, -0.1) is 4.40 Å². The molecule has 0 saturated heterocycles. The lowest BCUT2D eigenvalue weighted by Gasteiger charge is -2.17. The quantitative estimate of drug-likeness (QED) is 0.329. The minimum Gasteiger partial charge on any atom is -0.288 e. The van der Waals surface area contributed by atoms with Gasteiger partial charge in [0.15, 0.2) is 5.84 Å². The van der Waals surface area contributed by atoms with Gasteiger partial charge in [0.05, 0.1) is 20.7 Å². The third-order valence-corrected chi connectivity index (χ3v) is 6.78. The van der Waals surface area contributed by atoms with Crippen LogP contribution in [-0.2, 0) is 14.8 Å². The number of carbonyl (C=O) groups excluding carboxylic acids is 1. The first-order valence-corrected chi connectivity index (χ1v) is 11.2. The molecule has 5 nitrogen and oxygen atoms in total. The van der Waals surface area contributed by atoms with Crippen LogP contribution < -0.4 is 0 Å². The molecule has 0 aliphatic heterocycles. The van der Waals surface area contributed by atoms with Crippen molar-refractivity contribution in [3.63, 3.8) is 0 Å². The first-order valence-electron chi connectivity index (χ1n) is 8.64. The summed E-state index contributed by atoms with van der Waals surface area (Å²) in [5, 5.41) is 0.467. The Morgan fingerprint density at radius 3 is 2.03 bits per heavy atom. The van der Waals surface area contributed by atoms with Crippen LogP contribution in [0.15, 0.2) is 90.1 Å². The lowest BCUT2D eigenvalue weighted by Crippen LogP contribution is -2.19. The number of benzene rings is 2. The molecule has 3 rings (SSSR count). The van der Waals surface area contributed by atoms with Gasteiger partial charge in [0, 0.05) is 16.2 Å². The van der Waals surface area contributed by atoms with Crippen molar-refractivity contribution < 1.29 is 13.2 Å². The third kappa shape index (κ3) is 4.57. The van der Waals surface area contributed by atoms with Crippen molar-refractivity contribution in [2.45, 2.75) is 18.7 Å². The normalized spacial score (nSPS) is 17.2. The Hall–Kier alpha value is -2.25. The van der Waals surface area contributed by atoms with Gasteiger partial charge in [0.2, 0.25) is 5.78 Å². The summed E-state index contributed by atoms with van der Waals surface area (Å²) in [5.41, 5.74) is 1.20. The summed E-state index contributed by atoms with van der Waals surface area (Å²) in [6.45, 7) is 3.11. The minimum absolute atomic E-state index is 0.0244. The molecule has 30 heavy (non-hydrogen) atoms. The fraction of sp³-hybridized carbons (Fsp3) is 0.0952. The summed E-state index contributed by atoms with van der Waals surface area (Å²) in [5.74, 6) is -0.491. The standard InChI is InChI=1S/C21H15Cl3N2O3S/c1-12-18(24)20(27)13(2)17(23)19(12)25-21(14-6-4-3-5-7-14)26-30(28,29)16-10-8-15(22)9-11-16/h3-11H,1-2H3. The highest BCUT2D eigenvalue weighted by Gasteiger charge is 2.28. The van der Waals surface area contributed by atoms with E-state index < -0.39 is 15.8 Å². The Morgan fingerprint density at radius 2 is 1.43 bits per heavy atom. The average Bonchev–Trinajstić information content (AvgIpc) is 2.74.